The van der Waals surface area contributed by atoms with Gasteiger partial charge in [0.05, 0.1) is 0 Å². The fourth-order valence-corrected chi connectivity index (χ4v) is 2.71. The Hall–Kier alpha value is -0.380. The number of nitrogens with zero attached hydrogens (tertiary/aromatic N) is 1. The van der Waals surface area contributed by atoms with Gasteiger partial charge in [-0.1, -0.05) is 0 Å². The smallest absolute Gasteiger partial charge is 0.396 e. The maximum atomic E-state index is 11.8. The van der Waals surface area contributed by atoms with Crippen molar-refractivity contribution in [1.29, 1.82) is 0 Å². The molecule has 0 aromatic heterocycles. The number of hydrogen-bond donors (Lipinski definition) is 2. The van der Waals surface area contributed by atoms with E-state index in [2.05, 4.69) is 0 Å². The number of hydrogen-bond acceptors (Lipinski definition) is 3. The summed E-state index contributed by atoms with van der Waals surface area (Å²) in [7, 11) is -4.08. The number of aliphatic hydroxyl groups is 1. The molecule has 0 spiro atoms. The molecule has 16 heavy (non-hydrogen) atoms. The number of nitrogens with one attached hydrogen (secondary N) is 1. The SMILES string of the molecule is O=S(=O)(NCC(F)(F)F)N1CCC(CO)C1. The van der Waals surface area contributed by atoms with Crippen molar-refractivity contribution < 1.29 is 26.7 Å². The number of aliphatic hydroxyl groups excluding tert-OH is 1. The molecule has 0 saturated carbocycles. The standard InChI is InChI=1S/C7H13F3N2O3S/c8-7(9,10)5-11-16(14,15)12-2-1-6(3-12)4-13/h6,11,13H,1-5H2. The molecule has 1 heterocycles. The molecule has 0 bridgehead atoms. The Labute approximate surface area is 91.4 Å². The van der Waals surface area contributed by atoms with Crippen molar-refractivity contribution in [3.05, 3.63) is 0 Å². The Bertz CT molecular complexity index is 330. The average molecular weight is 262 g/mol. The van der Waals surface area contributed by atoms with Crippen LogP contribution >= 0.6 is 0 Å². The second-order valence-electron chi connectivity index (χ2n) is 3.64. The van der Waals surface area contributed by atoms with E-state index in [1.54, 1.807) is 0 Å². The van der Waals surface area contributed by atoms with Gasteiger partial charge >= 0.3 is 6.18 Å². The fourth-order valence-electron chi connectivity index (χ4n) is 1.43. The zero-order chi connectivity index (χ0) is 12.4. The van der Waals surface area contributed by atoms with Gasteiger partial charge in [0.15, 0.2) is 0 Å². The van der Waals surface area contributed by atoms with Crippen LogP contribution in [-0.2, 0) is 10.2 Å². The molecule has 0 aromatic carbocycles. The van der Waals surface area contributed by atoms with Gasteiger partial charge in [0.2, 0.25) is 0 Å². The minimum absolute atomic E-state index is 0.0592. The summed E-state index contributed by atoms with van der Waals surface area (Å²) in [4.78, 5) is 0. The molecule has 2 N–H and O–H groups in total. The summed E-state index contributed by atoms with van der Waals surface area (Å²) in [6, 6.07) is 0. The summed E-state index contributed by atoms with van der Waals surface area (Å²) in [6.45, 7) is -1.54. The summed E-state index contributed by atoms with van der Waals surface area (Å²) >= 11 is 0. The van der Waals surface area contributed by atoms with Gasteiger partial charge in [0.1, 0.15) is 6.54 Å². The van der Waals surface area contributed by atoms with Crippen LogP contribution in [0.25, 0.3) is 0 Å². The van der Waals surface area contributed by atoms with Crippen molar-refractivity contribution in [1.82, 2.24) is 9.03 Å². The van der Waals surface area contributed by atoms with Crippen LogP contribution in [0.3, 0.4) is 0 Å². The Morgan fingerprint density at radius 1 is 1.44 bits per heavy atom. The van der Waals surface area contributed by atoms with Gasteiger partial charge < -0.3 is 5.11 Å². The van der Waals surface area contributed by atoms with E-state index in [9.17, 15) is 21.6 Å². The Kier molecular flexibility index (Phi) is 4.16. The molecule has 1 aliphatic rings. The van der Waals surface area contributed by atoms with Crippen molar-refractivity contribution in [3.8, 4) is 0 Å². The van der Waals surface area contributed by atoms with Crippen LogP contribution in [-0.4, -0.2) is 50.2 Å². The maximum absolute atomic E-state index is 11.8. The van der Waals surface area contributed by atoms with Gasteiger partial charge in [-0.25, -0.2) is 0 Å². The van der Waals surface area contributed by atoms with Gasteiger partial charge in [-0.3, -0.25) is 0 Å². The van der Waals surface area contributed by atoms with Gasteiger partial charge in [0.25, 0.3) is 10.2 Å². The van der Waals surface area contributed by atoms with Crippen molar-refractivity contribution >= 4 is 10.2 Å². The van der Waals surface area contributed by atoms with E-state index >= 15 is 0 Å². The highest BCUT2D eigenvalue weighted by molar-refractivity contribution is 7.87. The lowest BCUT2D eigenvalue weighted by Gasteiger charge is -2.17. The van der Waals surface area contributed by atoms with Crippen molar-refractivity contribution in [2.45, 2.75) is 12.6 Å². The number of halogens is 3. The van der Waals surface area contributed by atoms with Gasteiger partial charge in [-0.15, -0.1) is 0 Å². The Morgan fingerprint density at radius 3 is 2.50 bits per heavy atom. The second kappa shape index (κ2) is 4.86. The lowest BCUT2D eigenvalue weighted by Crippen LogP contribution is -2.43. The minimum Gasteiger partial charge on any atom is -0.396 e. The second-order valence-corrected chi connectivity index (χ2v) is 5.39. The Balaban J connectivity index is 2.52. The molecule has 9 heteroatoms. The normalized spacial score (nSPS) is 23.9. The van der Waals surface area contributed by atoms with E-state index in [0.29, 0.717) is 6.42 Å². The van der Waals surface area contributed by atoms with Crippen LogP contribution in [0.15, 0.2) is 0 Å². The van der Waals surface area contributed by atoms with Crippen LogP contribution in [0.5, 0.6) is 0 Å². The molecule has 1 rings (SSSR count). The largest absolute Gasteiger partial charge is 0.402 e. The first-order chi connectivity index (χ1) is 7.24. The van der Waals surface area contributed by atoms with E-state index < -0.39 is 22.9 Å². The number of alkyl halides is 3. The monoisotopic (exact) mass is 262 g/mol. The van der Waals surface area contributed by atoms with Crippen LogP contribution < -0.4 is 4.72 Å². The molecular weight excluding hydrogens is 249 g/mol. The summed E-state index contributed by atoms with van der Waals surface area (Å²) in [5, 5.41) is 8.79. The average Bonchev–Trinajstić information content (AvgIpc) is 2.62. The molecule has 1 aliphatic heterocycles. The Morgan fingerprint density at radius 2 is 2.06 bits per heavy atom. The maximum Gasteiger partial charge on any atom is 0.402 e. The van der Waals surface area contributed by atoms with E-state index in [4.69, 9.17) is 5.11 Å². The van der Waals surface area contributed by atoms with E-state index in [-0.39, 0.29) is 25.6 Å². The summed E-state index contributed by atoms with van der Waals surface area (Å²) in [5.41, 5.74) is 0. The van der Waals surface area contributed by atoms with Crippen LogP contribution in [0.4, 0.5) is 13.2 Å². The molecule has 0 aromatic rings. The first kappa shape index (κ1) is 13.7. The highest BCUT2D eigenvalue weighted by atomic mass is 32.2. The highest BCUT2D eigenvalue weighted by Crippen LogP contribution is 2.19. The summed E-state index contributed by atoms with van der Waals surface area (Å²) < 4.78 is 60.6. The van der Waals surface area contributed by atoms with Crippen molar-refractivity contribution in [2.75, 3.05) is 26.2 Å². The van der Waals surface area contributed by atoms with Crippen LogP contribution in [0.1, 0.15) is 6.42 Å². The van der Waals surface area contributed by atoms with Gasteiger partial charge in [-0.05, 0) is 12.3 Å². The molecule has 5 nitrogen and oxygen atoms in total. The molecular formula is C7H13F3N2O3S. The lowest BCUT2D eigenvalue weighted by atomic mass is 10.1. The highest BCUT2D eigenvalue weighted by Gasteiger charge is 2.34. The molecule has 0 aliphatic carbocycles. The quantitative estimate of drug-likeness (QED) is 0.730. The molecule has 1 saturated heterocycles. The molecule has 1 atom stereocenters. The molecule has 1 fully saturated rings. The fraction of sp³-hybridized carbons (Fsp3) is 1.00. The van der Waals surface area contributed by atoms with Crippen LogP contribution in [0, 0.1) is 5.92 Å². The summed E-state index contributed by atoms with van der Waals surface area (Å²) in [5.74, 6) is -0.192. The summed E-state index contributed by atoms with van der Waals surface area (Å²) in [6.07, 6.45) is -4.10. The van der Waals surface area contributed by atoms with Crippen LogP contribution in [0.2, 0.25) is 0 Å². The van der Waals surface area contributed by atoms with E-state index in [0.717, 1.165) is 4.31 Å². The third kappa shape index (κ3) is 3.89. The first-order valence-electron chi connectivity index (χ1n) is 4.67. The molecule has 0 amide bonds. The van der Waals surface area contributed by atoms with E-state index in [1.807, 2.05) is 0 Å². The van der Waals surface area contributed by atoms with E-state index in [1.165, 1.54) is 4.72 Å². The lowest BCUT2D eigenvalue weighted by molar-refractivity contribution is -0.121. The zero-order valence-electron chi connectivity index (χ0n) is 8.37. The third-order valence-electron chi connectivity index (χ3n) is 2.30. The zero-order valence-corrected chi connectivity index (χ0v) is 9.18. The van der Waals surface area contributed by atoms with Crippen molar-refractivity contribution in [3.63, 3.8) is 0 Å². The molecule has 0 radical (unpaired) electrons. The minimum atomic E-state index is -4.57. The molecule has 1 unspecified atom stereocenters. The topological polar surface area (TPSA) is 69.6 Å². The van der Waals surface area contributed by atoms with Gasteiger partial charge in [0, 0.05) is 19.7 Å². The first-order valence-corrected chi connectivity index (χ1v) is 6.11. The molecule has 96 valence electrons. The van der Waals surface area contributed by atoms with Gasteiger partial charge in [-0.2, -0.15) is 30.6 Å². The number of rotatable bonds is 4. The third-order valence-corrected chi connectivity index (χ3v) is 3.82. The predicted octanol–water partition coefficient (Wildman–Crippen LogP) is -0.303. The van der Waals surface area contributed by atoms with Crippen molar-refractivity contribution in [2.24, 2.45) is 5.92 Å². The predicted molar refractivity (Wildman–Crippen MR) is 49.7 cm³/mol.